The number of Topliss-reactive ketones (excluding diaryl/α,β-unsaturated/α-hetero) is 4. The Balaban J connectivity index is 1.55. The first-order valence-electron chi connectivity index (χ1n) is 18.8. The van der Waals surface area contributed by atoms with E-state index in [4.69, 9.17) is 0 Å². The molecule has 0 aromatic heterocycles. The van der Waals surface area contributed by atoms with Gasteiger partial charge in [0.25, 0.3) is 0 Å². The van der Waals surface area contributed by atoms with Crippen molar-refractivity contribution >= 4 is 38.9 Å². The standard InChI is InChI=1S/C40H63NO7S/c1-10-11-15-31(43)35(45)27(20-26-16-17-26)21-32(44)34-33-30(39(33,8)9)24-41(34)36(46)29(37(2,3)4)22-28(42)23-40(18-13-12-14-19-40)25-49(47,48)38(5,6)7/h10,26-27,29-30,33-34H,1,11-25H2,2-9H3/t27?,29-,30+,33?,34-/m1/s1. The topological polar surface area (TPSA) is 123 Å². The van der Waals surface area contributed by atoms with Crippen LogP contribution in [0.4, 0.5) is 0 Å². The molecule has 3 aliphatic carbocycles. The first-order valence-corrected chi connectivity index (χ1v) is 20.4. The number of piperidine rings is 1. The first kappa shape index (κ1) is 39.6. The molecule has 49 heavy (non-hydrogen) atoms. The predicted octanol–water partition coefficient (Wildman–Crippen LogP) is 7.12. The Bertz CT molecular complexity index is 1420. The van der Waals surface area contributed by atoms with Gasteiger partial charge >= 0.3 is 0 Å². The normalized spacial score (nSPS) is 26.0. The Morgan fingerprint density at radius 1 is 0.939 bits per heavy atom. The Labute approximate surface area is 295 Å². The zero-order chi connectivity index (χ0) is 36.7. The second kappa shape index (κ2) is 14.5. The Hall–Kier alpha value is -2.16. The molecule has 2 unspecified atom stereocenters. The molecular formula is C40H63NO7S. The van der Waals surface area contributed by atoms with E-state index >= 15 is 0 Å². The van der Waals surface area contributed by atoms with Gasteiger partial charge in [0.2, 0.25) is 11.7 Å². The first-order chi connectivity index (χ1) is 22.5. The molecule has 9 heteroatoms. The second-order valence-electron chi connectivity index (χ2n) is 18.8. The fraction of sp³-hybridized carbons (Fsp3) is 0.825. The van der Waals surface area contributed by atoms with E-state index in [0.717, 1.165) is 32.1 Å². The van der Waals surface area contributed by atoms with Crippen molar-refractivity contribution < 1.29 is 32.4 Å². The highest BCUT2D eigenvalue weighted by atomic mass is 32.2. The maximum absolute atomic E-state index is 14.6. The van der Waals surface area contributed by atoms with Crippen molar-refractivity contribution in [1.29, 1.82) is 0 Å². The maximum atomic E-state index is 14.6. The van der Waals surface area contributed by atoms with E-state index in [2.05, 4.69) is 20.4 Å². The van der Waals surface area contributed by atoms with Crippen molar-refractivity contribution in [3.8, 4) is 0 Å². The number of rotatable bonds is 17. The van der Waals surface area contributed by atoms with Gasteiger partial charge < -0.3 is 4.90 Å². The third-order valence-electron chi connectivity index (χ3n) is 12.5. The summed E-state index contributed by atoms with van der Waals surface area (Å²) in [4.78, 5) is 70.6. The molecule has 4 fully saturated rings. The Morgan fingerprint density at radius 3 is 2.08 bits per heavy atom. The minimum absolute atomic E-state index is 0.00359. The summed E-state index contributed by atoms with van der Waals surface area (Å²) in [7, 11) is -3.46. The molecule has 0 aromatic carbocycles. The second-order valence-corrected chi connectivity index (χ2v) is 21.6. The molecule has 1 saturated heterocycles. The summed E-state index contributed by atoms with van der Waals surface area (Å²) < 4.78 is 25.8. The Morgan fingerprint density at radius 2 is 1.55 bits per heavy atom. The smallest absolute Gasteiger partial charge is 0.227 e. The maximum Gasteiger partial charge on any atom is 0.227 e. The zero-order valence-electron chi connectivity index (χ0n) is 31.6. The van der Waals surface area contributed by atoms with Crippen molar-refractivity contribution in [2.24, 2.45) is 45.8 Å². The van der Waals surface area contributed by atoms with E-state index in [0.29, 0.717) is 38.1 Å². The summed E-state index contributed by atoms with van der Waals surface area (Å²) in [5.74, 6) is -2.31. The summed E-state index contributed by atoms with van der Waals surface area (Å²) in [6.07, 6.45) is 8.86. The number of allylic oxidation sites excluding steroid dienone is 1. The van der Waals surface area contributed by atoms with Gasteiger partial charge in [-0.05, 0) is 80.5 Å². The van der Waals surface area contributed by atoms with Crippen LogP contribution in [0.2, 0.25) is 0 Å². The number of carbonyl (C=O) groups excluding carboxylic acids is 5. The molecule has 0 spiro atoms. The van der Waals surface area contributed by atoms with Gasteiger partial charge in [-0.1, -0.05) is 72.8 Å². The molecule has 0 radical (unpaired) electrons. The SMILES string of the molecule is C=CCCC(=O)C(=O)C(CC(=O)[C@@H]1C2[C@H](CN1C(=O)[C@@H](CC(=O)CC1(CS(=O)(=O)C(C)(C)C)CCCCC1)C(C)(C)C)C2(C)C)CC1CC1. The van der Waals surface area contributed by atoms with E-state index in [1.165, 1.54) is 0 Å². The Kier molecular flexibility index (Phi) is 11.7. The molecular weight excluding hydrogens is 639 g/mol. The predicted molar refractivity (Wildman–Crippen MR) is 192 cm³/mol. The third-order valence-corrected chi connectivity index (χ3v) is 15.4. The lowest BCUT2D eigenvalue weighted by Gasteiger charge is -2.40. The number of hydrogen-bond donors (Lipinski definition) is 0. The minimum Gasteiger partial charge on any atom is -0.332 e. The van der Waals surface area contributed by atoms with Gasteiger partial charge in [-0.15, -0.1) is 6.58 Å². The fourth-order valence-electron chi connectivity index (χ4n) is 8.85. The number of likely N-dealkylation sites (tertiary alicyclic amines) is 1. The van der Waals surface area contributed by atoms with Crippen LogP contribution in [0.5, 0.6) is 0 Å². The van der Waals surface area contributed by atoms with Crippen LogP contribution in [0.3, 0.4) is 0 Å². The number of fused-ring (bicyclic) bond motifs is 1. The molecule has 3 saturated carbocycles. The van der Waals surface area contributed by atoms with Gasteiger partial charge in [-0.25, -0.2) is 8.42 Å². The average Bonchev–Trinajstić information content (AvgIpc) is 3.84. The molecule has 4 rings (SSSR count). The van der Waals surface area contributed by atoms with Crippen LogP contribution in [-0.4, -0.2) is 65.4 Å². The highest BCUT2D eigenvalue weighted by molar-refractivity contribution is 7.92. The molecule has 0 N–H and O–H groups in total. The summed E-state index contributed by atoms with van der Waals surface area (Å²) in [5, 5.41) is 0. The van der Waals surface area contributed by atoms with Crippen LogP contribution in [0.15, 0.2) is 12.7 Å². The van der Waals surface area contributed by atoms with Crippen molar-refractivity contribution in [1.82, 2.24) is 4.90 Å². The fourth-order valence-corrected chi connectivity index (χ4v) is 10.5. The molecule has 0 aromatic rings. The van der Waals surface area contributed by atoms with E-state index in [-0.39, 0.29) is 66.2 Å². The number of carbonyl (C=O) groups is 5. The highest BCUT2D eigenvalue weighted by Crippen LogP contribution is 2.65. The number of nitrogens with zero attached hydrogens (tertiary/aromatic N) is 1. The van der Waals surface area contributed by atoms with E-state index < -0.39 is 54.9 Å². The van der Waals surface area contributed by atoms with Gasteiger partial charge in [0.1, 0.15) is 5.78 Å². The lowest BCUT2D eigenvalue weighted by molar-refractivity contribution is -0.148. The van der Waals surface area contributed by atoms with Crippen LogP contribution in [-0.2, 0) is 33.8 Å². The molecule has 1 amide bonds. The molecule has 8 nitrogen and oxygen atoms in total. The van der Waals surface area contributed by atoms with E-state index in [1.807, 2.05) is 20.8 Å². The van der Waals surface area contributed by atoms with Crippen LogP contribution >= 0.6 is 0 Å². The van der Waals surface area contributed by atoms with Gasteiger partial charge in [-0.2, -0.15) is 0 Å². The van der Waals surface area contributed by atoms with Crippen molar-refractivity contribution in [3.05, 3.63) is 12.7 Å². The average molecular weight is 702 g/mol. The molecule has 1 aliphatic heterocycles. The highest BCUT2D eigenvalue weighted by Gasteiger charge is 2.69. The van der Waals surface area contributed by atoms with Crippen LogP contribution < -0.4 is 0 Å². The molecule has 1 heterocycles. The number of hydrogen-bond acceptors (Lipinski definition) is 7. The lowest BCUT2D eigenvalue weighted by atomic mass is 9.70. The summed E-state index contributed by atoms with van der Waals surface area (Å²) >= 11 is 0. The summed E-state index contributed by atoms with van der Waals surface area (Å²) in [5.41, 5.74) is -1.33. The van der Waals surface area contributed by atoms with Crippen LogP contribution in [0, 0.1) is 45.8 Å². The van der Waals surface area contributed by atoms with Gasteiger partial charge in [0, 0.05) is 44.1 Å². The van der Waals surface area contributed by atoms with Gasteiger partial charge in [0.05, 0.1) is 16.5 Å². The van der Waals surface area contributed by atoms with E-state index in [1.54, 1.807) is 31.7 Å². The number of sulfone groups is 1. The van der Waals surface area contributed by atoms with Crippen molar-refractivity contribution in [3.63, 3.8) is 0 Å². The molecule has 0 bridgehead atoms. The quantitative estimate of drug-likeness (QED) is 0.117. The van der Waals surface area contributed by atoms with Crippen LogP contribution in [0.25, 0.3) is 0 Å². The van der Waals surface area contributed by atoms with Crippen molar-refractivity contribution in [2.45, 2.75) is 150 Å². The summed E-state index contributed by atoms with van der Waals surface area (Å²) in [6.45, 7) is 19.3. The zero-order valence-corrected chi connectivity index (χ0v) is 32.4. The van der Waals surface area contributed by atoms with Crippen molar-refractivity contribution in [2.75, 3.05) is 12.3 Å². The van der Waals surface area contributed by atoms with Crippen LogP contribution in [0.1, 0.15) is 139 Å². The lowest BCUT2D eigenvalue weighted by Crippen LogP contribution is -2.51. The molecule has 5 atom stereocenters. The largest absolute Gasteiger partial charge is 0.332 e. The third kappa shape index (κ3) is 9.02. The monoisotopic (exact) mass is 701 g/mol. The minimum atomic E-state index is -3.46. The number of ketones is 4. The van der Waals surface area contributed by atoms with E-state index in [9.17, 15) is 32.4 Å². The van der Waals surface area contributed by atoms with Gasteiger partial charge in [-0.3, -0.25) is 24.0 Å². The summed E-state index contributed by atoms with van der Waals surface area (Å²) in [6, 6.07) is -0.688. The number of amides is 1. The van der Waals surface area contributed by atoms with Gasteiger partial charge in [0.15, 0.2) is 21.4 Å². The molecule has 276 valence electrons. The molecule has 4 aliphatic rings.